The van der Waals surface area contributed by atoms with Gasteiger partial charge in [-0.1, -0.05) is 29.8 Å². The van der Waals surface area contributed by atoms with Crippen LogP contribution >= 0.6 is 11.6 Å². The van der Waals surface area contributed by atoms with Gasteiger partial charge in [-0.15, -0.1) is 0 Å². The van der Waals surface area contributed by atoms with Gasteiger partial charge in [0.1, 0.15) is 5.75 Å². The Morgan fingerprint density at radius 2 is 1.71 bits per heavy atom. The molecule has 0 atom stereocenters. The summed E-state index contributed by atoms with van der Waals surface area (Å²) in [6, 6.07) is 15.9. The lowest BCUT2D eigenvalue weighted by Gasteiger charge is -2.20. The zero-order chi connectivity index (χ0) is 12.3. The molecule has 0 unspecified atom stereocenters. The first-order valence-electron chi connectivity index (χ1n) is 5.34. The second-order valence-corrected chi connectivity index (χ2v) is 4.12. The Morgan fingerprint density at radius 3 is 2.35 bits per heavy atom. The number of benzene rings is 2. The van der Waals surface area contributed by atoms with E-state index in [0.717, 1.165) is 11.4 Å². The standard InChI is InChI=1S/C14H14ClNO/c1-16(11-6-4-3-5-7-11)12-8-9-13(15)14(10-12)17-2/h3-10H,1-2H3. The third-order valence-electron chi connectivity index (χ3n) is 2.67. The summed E-state index contributed by atoms with van der Waals surface area (Å²) in [7, 11) is 3.63. The van der Waals surface area contributed by atoms with Crippen molar-refractivity contribution in [1.29, 1.82) is 0 Å². The Morgan fingerprint density at radius 1 is 1.00 bits per heavy atom. The van der Waals surface area contributed by atoms with Gasteiger partial charge in [-0.05, 0) is 24.3 Å². The summed E-state index contributed by atoms with van der Waals surface area (Å²) in [5, 5.41) is 0.623. The lowest BCUT2D eigenvalue weighted by molar-refractivity contribution is 0.415. The second kappa shape index (κ2) is 5.11. The van der Waals surface area contributed by atoms with Gasteiger partial charge in [0.25, 0.3) is 0 Å². The minimum absolute atomic E-state index is 0.623. The molecule has 0 saturated heterocycles. The van der Waals surface area contributed by atoms with E-state index in [1.807, 2.05) is 43.4 Å². The van der Waals surface area contributed by atoms with Crippen molar-refractivity contribution in [3.63, 3.8) is 0 Å². The number of hydrogen-bond acceptors (Lipinski definition) is 2. The molecular weight excluding hydrogens is 234 g/mol. The Bertz CT molecular complexity index is 499. The molecule has 0 aliphatic carbocycles. The van der Waals surface area contributed by atoms with Crippen LogP contribution in [0.3, 0.4) is 0 Å². The summed E-state index contributed by atoms with van der Waals surface area (Å²) >= 11 is 6.00. The van der Waals surface area contributed by atoms with Crippen molar-refractivity contribution in [3.05, 3.63) is 53.6 Å². The Hall–Kier alpha value is -1.67. The Labute approximate surface area is 106 Å². The Balaban J connectivity index is 2.34. The summed E-state index contributed by atoms with van der Waals surface area (Å²) in [5.74, 6) is 0.687. The number of methoxy groups -OCH3 is 1. The molecule has 2 nitrogen and oxygen atoms in total. The molecule has 0 aromatic heterocycles. The van der Waals surface area contributed by atoms with Crippen molar-refractivity contribution in [2.45, 2.75) is 0 Å². The van der Waals surface area contributed by atoms with Crippen LogP contribution in [0, 0.1) is 0 Å². The molecule has 0 aliphatic rings. The second-order valence-electron chi connectivity index (χ2n) is 3.71. The minimum Gasteiger partial charge on any atom is -0.495 e. The van der Waals surface area contributed by atoms with E-state index < -0.39 is 0 Å². The van der Waals surface area contributed by atoms with Gasteiger partial charge in [0, 0.05) is 24.5 Å². The van der Waals surface area contributed by atoms with Crippen LogP contribution < -0.4 is 9.64 Å². The van der Waals surface area contributed by atoms with Crippen molar-refractivity contribution in [2.75, 3.05) is 19.1 Å². The highest BCUT2D eigenvalue weighted by molar-refractivity contribution is 6.32. The molecule has 0 radical (unpaired) electrons. The highest BCUT2D eigenvalue weighted by atomic mass is 35.5. The molecule has 0 saturated carbocycles. The minimum atomic E-state index is 0.623. The summed E-state index contributed by atoms with van der Waals surface area (Å²) in [4.78, 5) is 2.08. The van der Waals surface area contributed by atoms with Crippen LogP contribution in [0.4, 0.5) is 11.4 Å². The fraction of sp³-hybridized carbons (Fsp3) is 0.143. The maximum absolute atomic E-state index is 6.00. The predicted octanol–water partition coefficient (Wildman–Crippen LogP) is 4.12. The highest BCUT2D eigenvalue weighted by Gasteiger charge is 2.07. The molecule has 2 rings (SSSR count). The average molecular weight is 248 g/mol. The maximum atomic E-state index is 6.00. The molecule has 2 aromatic rings. The van der Waals surface area contributed by atoms with E-state index in [2.05, 4.69) is 17.0 Å². The molecule has 0 amide bonds. The van der Waals surface area contributed by atoms with Gasteiger partial charge < -0.3 is 9.64 Å². The first-order chi connectivity index (χ1) is 8.22. The predicted molar refractivity (Wildman–Crippen MR) is 72.5 cm³/mol. The number of rotatable bonds is 3. The van der Waals surface area contributed by atoms with Gasteiger partial charge in [0.15, 0.2) is 0 Å². The van der Waals surface area contributed by atoms with Crippen molar-refractivity contribution >= 4 is 23.0 Å². The molecule has 17 heavy (non-hydrogen) atoms. The summed E-state index contributed by atoms with van der Waals surface area (Å²) < 4.78 is 5.21. The summed E-state index contributed by atoms with van der Waals surface area (Å²) in [6.07, 6.45) is 0. The zero-order valence-corrected chi connectivity index (χ0v) is 10.6. The SMILES string of the molecule is COc1cc(N(C)c2ccccc2)ccc1Cl. The molecular formula is C14H14ClNO. The van der Waals surface area contributed by atoms with Gasteiger partial charge in [-0.3, -0.25) is 0 Å². The average Bonchev–Trinajstić information content (AvgIpc) is 2.39. The van der Waals surface area contributed by atoms with E-state index in [4.69, 9.17) is 16.3 Å². The lowest BCUT2D eigenvalue weighted by atomic mass is 10.2. The highest BCUT2D eigenvalue weighted by Crippen LogP contribution is 2.31. The van der Waals surface area contributed by atoms with Gasteiger partial charge >= 0.3 is 0 Å². The van der Waals surface area contributed by atoms with Gasteiger partial charge in [-0.25, -0.2) is 0 Å². The quantitative estimate of drug-likeness (QED) is 0.809. The van der Waals surface area contributed by atoms with Crippen molar-refractivity contribution < 1.29 is 4.74 Å². The van der Waals surface area contributed by atoms with E-state index in [1.54, 1.807) is 7.11 Å². The van der Waals surface area contributed by atoms with Crippen LogP contribution in [0.15, 0.2) is 48.5 Å². The van der Waals surface area contributed by atoms with Crippen LogP contribution in [-0.4, -0.2) is 14.2 Å². The van der Waals surface area contributed by atoms with Gasteiger partial charge in [0.2, 0.25) is 0 Å². The molecule has 2 aromatic carbocycles. The van der Waals surface area contributed by atoms with Crippen molar-refractivity contribution in [3.8, 4) is 5.75 Å². The summed E-state index contributed by atoms with van der Waals surface area (Å²) in [6.45, 7) is 0. The fourth-order valence-corrected chi connectivity index (χ4v) is 1.85. The van der Waals surface area contributed by atoms with E-state index in [9.17, 15) is 0 Å². The van der Waals surface area contributed by atoms with Crippen LogP contribution in [-0.2, 0) is 0 Å². The third-order valence-corrected chi connectivity index (χ3v) is 2.98. The van der Waals surface area contributed by atoms with Crippen LogP contribution in [0.25, 0.3) is 0 Å². The van der Waals surface area contributed by atoms with Gasteiger partial charge in [0.05, 0.1) is 12.1 Å². The fourth-order valence-electron chi connectivity index (χ4n) is 1.66. The van der Waals surface area contributed by atoms with Crippen LogP contribution in [0.1, 0.15) is 0 Å². The smallest absolute Gasteiger partial charge is 0.139 e. The number of ether oxygens (including phenoxy) is 1. The monoisotopic (exact) mass is 247 g/mol. The van der Waals surface area contributed by atoms with Gasteiger partial charge in [-0.2, -0.15) is 0 Å². The Kier molecular flexibility index (Phi) is 3.55. The van der Waals surface area contributed by atoms with E-state index in [0.29, 0.717) is 10.8 Å². The first-order valence-corrected chi connectivity index (χ1v) is 5.72. The summed E-state index contributed by atoms with van der Waals surface area (Å²) in [5.41, 5.74) is 2.16. The van der Waals surface area contributed by atoms with Crippen LogP contribution in [0.5, 0.6) is 5.75 Å². The third kappa shape index (κ3) is 2.53. The number of hydrogen-bond donors (Lipinski definition) is 0. The molecule has 0 spiro atoms. The first kappa shape index (κ1) is 11.8. The topological polar surface area (TPSA) is 12.5 Å². The lowest BCUT2D eigenvalue weighted by Crippen LogP contribution is -2.09. The maximum Gasteiger partial charge on any atom is 0.139 e. The normalized spacial score (nSPS) is 10.1. The molecule has 0 bridgehead atoms. The molecule has 0 heterocycles. The largest absolute Gasteiger partial charge is 0.495 e. The van der Waals surface area contributed by atoms with Crippen molar-refractivity contribution in [1.82, 2.24) is 0 Å². The molecule has 0 fully saturated rings. The molecule has 0 aliphatic heterocycles. The molecule has 3 heteroatoms. The number of halogens is 1. The number of anilines is 2. The van der Waals surface area contributed by atoms with Crippen molar-refractivity contribution in [2.24, 2.45) is 0 Å². The number of para-hydroxylation sites is 1. The van der Waals surface area contributed by atoms with E-state index in [1.165, 1.54) is 0 Å². The number of nitrogens with zero attached hydrogens (tertiary/aromatic N) is 1. The van der Waals surface area contributed by atoms with E-state index >= 15 is 0 Å². The molecule has 88 valence electrons. The molecule has 0 N–H and O–H groups in total. The zero-order valence-electron chi connectivity index (χ0n) is 9.85. The van der Waals surface area contributed by atoms with Crippen LogP contribution in [0.2, 0.25) is 5.02 Å². The van der Waals surface area contributed by atoms with E-state index in [-0.39, 0.29) is 0 Å².